The van der Waals surface area contributed by atoms with Crippen molar-refractivity contribution < 1.29 is 13.5 Å². The summed E-state index contributed by atoms with van der Waals surface area (Å²) in [6, 6.07) is 12.8. The number of aromatic nitrogens is 2. The van der Waals surface area contributed by atoms with Gasteiger partial charge in [0, 0.05) is 11.1 Å². The van der Waals surface area contributed by atoms with Gasteiger partial charge in [0.2, 0.25) is 5.95 Å². The van der Waals surface area contributed by atoms with Crippen molar-refractivity contribution in [3.8, 4) is 23.1 Å². The van der Waals surface area contributed by atoms with E-state index in [1.807, 2.05) is 6.07 Å². The smallest absolute Gasteiger partial charge is 0.270 e. The Hall–Kier alpha value is -4.06. The number of H-pyrrole nitrogens is 1. The van der Waals surface area contributed by atoms with Crippen molar-refractivity contribution in [3.05, 3.63) is 75.6 Å². The molecule has 7 nitrogen and oxygen atoms in total. The molecule has 2 N–H and O–H groups in total. The normalized spacial score (nSPS) is 10.8. The lowest BCUT2D eigenvalue weighted by Crippen LogP contribution is -2.16. The fourth-order valence-electron chi connectivity index (χ4n) is 3.10. The summed E-state index contributed by atoms with van der Waals surface area (Å²) in [5.74, 6) is -2.10. The third kappa shape index (κ3) is 6.23. The standard InChI is InChI=1S/C24H23F2N5O2/c1-2-3-4-8-11-33-22-19(25)12-16(13-20(22)26)15-28-31-24-29-21(17-9-6-5-7-10-17)18(14-27)23(32)30-24/h5-7,9-10,12-13,15H,2-4,8,11H2,1H3,(H2,29,30,31,32). The summed E-state index contributed by atoms with van der Waals surface area (Å²) in [6.45, 7) is 2.32. The van der Waals surface area contributed by atoms with Crippen molar-refractivity contribution in [1.82, 2.24) is 9.97 Å². The SMILES string of the molecule is CCCCCCOc1c(F)cc(C=NNc2nc(-c3ccccc3)c(C#N)c(=O)[nH]2)cc1F. The molecule has 0 saturated heterocycles. The molecule has 0 aliphatic heterocycles. The van der Waals surface area contributed by atoms with Crippen molar-refractivity contribution in [3.63, 3.8) is 0 Å². The van der Waals surface area contributed by atoms with Crippen molar-refractivity contribution >= 4 is 12.2 Å². The average Bonchev–Trinajstić information content (AvgIpc) is 2.80. The highest BCUT2D eigenvalue weighted by Crippen LogP contribution is 2.23. The number of hydrazone groups is 1. The van der Waals surface area contributed by atoms with Gasteiger partial charge < -0.3 is 4.74 Å². The number of anilines is 1. The van der Waals surface area contributed by atoms with E-state index in [0.29, 0.717) is 5.56 Å². The highest BCUT2D eigenvalue weighted by atomic mass is 19.1. The van der Waals surface area contributed by atoms with Crippen molar-refractivity contribution in [2.45, 2.75) is 32.6 Å². The van der Waals surface area contributed by atoms with Crippen molar-refractivity contribution in [2.24, 2.45) is 5.10 Å². The monoisotopic (exact) mass is 451 g/mol. The number of nitrogens with zero attached hydrogens (tertiary/aromatic N) is 3. The molecule has 0 fully saturated rings. The Morgan fingerprint density at radius 2 is 1.91 bits per heavy atom. The maximum atomic E-state index is 14.3. The number of nitriles is 1. The average molecular weight is 451 g/mol. The van der Waals surface area contributed by atoms with Crippen LogP contribution >= 0.6 is 0 Å². The van der Waals surface area contributed by atoms with E-state index >= 15 is 0 Å². The van der Waals surface area contributed by atoms with E-state index in [-0.39, 0.29) is 29.4 Å². The van der Waals surface area contributed by atoms with Crippen LogP contribution in [-0.4, -0.2) is 22.8 Å². The number of hydrogen-bond acceptors (Lipinski definition) is 6. The summed E-state index contributed by atoms with van der Waals surface area (Å²) in [7, 11) is 0. The number of nitrogens with one attached hydrogen (secondary N) is 2. The van der Waals surface area contributed by atoms with Gasteiger partial charge in [-0.3, -0.25) is 9.78 Å². The van der Waals surface area contributed by atoms with E-state index in [9.17, 15) is 18.8 Å². The van der Waals surface area contributed by atoms with E-state index < -0.39 is 22.9 Å². The van der Waals surface area contributed by atoms with Crippen molar-refractivity contribution in [1.29, 1.82) is 5.26 Å². The zero-order chi connectivity index (χ0) is 23.6. The lowest BCUT2D eigenvalue weighted by Gasteiger charge is -2.09. The molecule has 0 radical (unpaired) electrons. The molecule has 33 heavy (non-hydrogen) atoms. The molecule has 170 valence electrons. The fourth-order valence-corrected chi connectivity index (χ4v) is 3.10. The zero-order valence-electron chi connectivity index (χ0n) is 18.1. The molecule has 2 aromatic carbocycles. The lowest BCUT2D eigenvalue weighted by molar-refractivity contribution is 0.275. The molecule has 0 atom stereocenters. The Bertz CT molecular complexity index is 1200. The number of benzene rings is 2. The van der Waals surface area contributed by atoms with Crippen LogP contribution in [0.3, 0.4) is 0 Å². The van der Waals surface area contributed by atoms with Crippen LogP contribution in [-0.2, 0) is 0 Å². The Morgan fingerprint density at radius 3 is 2.58 bits per heavy atom. The Kier molecular flexibility index (Phi) is 8.24. The van der Waals surface area contributed by atoms with Crippen LogP contribution in [0.4, 0.5) is 14.7 Å². The molecule has 0 saturated carbocycles. The highest BCUT2D eigenvalue weighted by molar-refractivity contribution is 5.80. The first kappa shape index (κ1) is 23.6. The highest BCUT2D eigenvalue weighted by Gasteiger charge is 2.14. The topological polar surface area (TPSA) is 103 Å². The lowest BCUT2D eigenvalue weighted by atomic mass is 10.1. The predicted octanol–water partition coefficient (Wildman–Crippen LogP) is 4.99. The second kappa shape index (κ2) is 11.5. The summed E-state index contributed by atoms with van der Waals surface area (Å²) in [4.78, 5) is 18.9. The van der Waals surface area contributed by atoms with Gasteiger partial charge in [-0.05, 0) is 18.6 Å². The summed E-state index contributed by atoms with van der Waals surface area (Å²) >= 11 is 0. The maximum absolute atomic E-state index is 14.3. The first-order valence-electron chi connectivity index (χ1n) is 10.5. The molecule has 3 rings (SSSR count). The molecular formula is C24H23F2N5O2. The minimum absolute atomic E-state index is 0.0259. The van der Waals surface area contributed by atoms with Crippen LogP contribution in [0.2, 0.25) is 0 Å². The van der Waals surface area contributed by atoms with Gasteiger partial charge in [0.1, 0.15) is 11.6 Å². The van der Waals surface area contributed by atoms with E-state index in [4.69, 9.17) is 4.74 Å². The van der Waals surface area contributed by atoms with E-state index in [0.717, 1.165) is 37.8 Å². The summed E-state index contributed by atoms with van der Waals surface area (Å²) in [5.41, 5.74) is 2.67. The molecule has 0 aliphatic rings. The minimum atomic E-state index is -0.830. The van der Waals surface area contributed by atoms with Gasteiger partial charge in [0.05, 0.1) is 18.5 Å². The van der Waals surface area contributed by atoms with Gasteiger partial charge in [-0.1, -0.05) is 56.5 Å². The number of rotatable bonds is 10. The van der Waals surface area contributed by atoms with E-state index in [1.54, 1.807) is 30.3 Å². The molecule has 9 heteroatoms. The molecule has 3 aromatic rings. The third-order valence-corrected chi connectivity index (χ3v) is 4.73. The second-order valence-corrected chi connectivity index (χ2v) is 7.21. The summed E-state index contributed by atoms with van der Waals surface area (Å²) in [6.07, 6.45) is 4.94. The molecule has 1 aromatic heterocycles. The Labute approximate surface area is 189 Å². The maximum Gasteiger partial charge on any atom is 0.270 e. The number of aromatic amines is 1. The first-order valence-corrected chi connectivity index (χ1v) is 10.5. The largest absolute Gasteiger partial charge is 0.488 e. The Balaban J connectivity index is 1.73. The van der Waals surface area contributed by atoms with Crippen LogP contribution in [0.15, 0.2) is 52.4 Å². The van der Waals surface area contributed by atoms with E-state index in [1.165, 1.54) is 6.21 Å². The van der Waals surface area contributed by atoms with Gasteiger partial charge in [0.15, 0.2) is 17.4 Å². The van der Waals surface area contributed by atoms with Gasteiger partial charge in [0.25, 0.3) is 5.56 Å². The van der Waals surface area contributed by atoms with Gasteiger partial charge in [-0.2, -0.15) is 10.4 Å². The predicted molar refractivity (Wildman–Crippen MR) is 122 cm³/mol. The molecule has 0 bridgehead atoms. The molecule has 1 heterocycles. The number of hydrogen-bond donors (Lipinski definition) is 2. The quantitative estimate of drug-likeness (QED) is 0.257. The van der Waals surface area contributed by atoms with Gasteiger partial charge in [-0.15, -0.1) is 0 Å². The molecule has 0 amide bonds. The first-order chi connectivity index (χ1) is 16.0. The van der Waals surface area contributed by atoms with E-state index in [2.05, 4.69) is 27.4 Å². The second-order valence-electron chi connectivity index (χ2n) is 7.21. The van der Waals surface area contributed by atoms with Gasteiger partial charge in [-0.25, -0.2) is 19.2 Å². The van der Waals surface area contributed by atoms with Crippen LogP contribution < -0.4 is 15.7 Å². The summed E-state index contributed by atoms with van der Waals surface area (Å²) < 4.78 is 33.8. The number of halogens is 2. The third-order valence-electron chi connectivity index (χ3n) is 4.73. The van der Waals surface area contributed by atoms with Crippen molar-refractivity contribution in [2.75, 3.05) is 12.0 Å². The molecular weight excluding hydrogens is 428 g/mol. The molecule has 0 unspecified atom stereocenters. The zero-order valence-corrected chi connectivity index (χ0v) is 18.1. The summed E-state index contributed by atoms with van der Waals surface area (Å²) in [5, 5.41) is 13.2. The van der Waals surface area contributed by atoms with Crippen LogP contribution in [0.5, 0.6) is 5.75 Å². The van der Waals surface area contributed by atoms with Crippen LogP contribution in [0.1, 0.15) is 43.7 Å². The fraction of sp³-hybridized carbons (Fsp3) is 0.250. The number of ether oxygens (including phenoxy) is 1. The van der Waals surface area contributed by atoms with Crippen LogP contribution in [0, 0.1) is 23.0 Å². The molecule has 0 spiro atoms. The van der Waals surface area contributed by atoms with Crippen LogP contribution in [0.25, 0.3) is 11.3 Å². The minimum Gasteiger partial charge on any atom is -0.488 e. The Morgan fingerprint density at radius 1 is 1.18 bits per heavy atom. The number of unbranched alkanes of at least 4 members (excludes halogenated alkanes) is 3. The van der Waals surface area contributed by atoms with Gasteiger partial charge >= 0.3 is 0 Å². The molecule has 0 aliphatic carbocycles.